The average molecular weight is 450 g/mol. The van der Waals surface area contributed by atoms with E-state index in [1.165, 1.54) is 16.4 Å². The zero-order valence-electron chi connectivity index (χ0n) is 16.9. The molecule has 156 valence electrons. The molecule has 0 amide bonds. The van der Waals surface area contributed by atoms with Crippen LogP contribution in [0.2, 0.25) is 0 Å². The summed E-state index contributed by atoms with van der Waals surface area (Å²) in [5.41, 5.74) is 2.21. The molecule has 0 radical (unpaired) electrons. The normalized spacial score (nSPS) is 11.6. The minimum atomic E-state index is 0.458. The third-order valence-electron chi connectivity index (χ3n) is 4.58. The first-order chi connectivity index (χ1) is 15.1. The molecule has 5 aromatic rings. The maximum Gasteiger partial charge on any atom is 0.218 e. The van der Waals surface area contributed by atoms with E-state index in [1.807, 2.05) is 37.2 Å². The van der Waals surface area contributed by atoms with Gasteiger partial charge >= 0.3 is 0 Å². The van der Waals surface area contributed by atoms with Crippen LogP contribution in [0.4, 0.5) is 0 Å². The van der Waals surface area contributed by atoms with Gasteiger partial charge in [0, 0.05) is 10.9 Å². The maximum absolute atomic E-state index is 6.29. The molecule has 10 heteroatoms. The van der Waals surface area contributed by atoms with Crippen molar-refractivity contribution in [2.75, 3.05) is 19.9 Å². The van der Waals surface area contributed by atoms with Gasteiger partial charge in [-0.25, -0.2) is 14.6 Å². The molecule has 0 aliphatic heterocycles. The van der Waals surface area contributed by atoms with Gasteiger partial charge in [0.1, 0.15) is 15.7 Å². The van der Waals surface area contributed by atoms with Gasteiger partial charge in [0.25, 0.3) is 0 Å². The molecule has 4 heterocycles. The summed E-state index contributed by atoms with van der Waals surface area (Å²) in [6.07, 6.45) is 1.58. The molecule has 2 N–H and O–H groups in total. The van der Waals surface area contributed by atoms with Crippen molar-refractivity contribution in [3.05, 3.63) is 59.9 Å². The van der Waals surface area contributed by atoms with Crippen LogP contribution in [0, 0.1) is 0 Å². The second-order valence-electron chi connectivity index (χ2n) is 7.13. The molecular formula is C21H19N7OS2. The Hall–Kier alpha value is -3.21. The Morgan fingerprint density at radius 2 is 1.94 bits per heavy atom. The standard InChI is InChI=1S/C21H19N7OS2/c1-27(2)11-16-23-19-17(14(12-30-19)13-7-4-3-5-8-13)20(24-16)31-21-26-25-18(28(21)22)15-9-6-10-29-15/h3-10,12H,11,22H2,1-2H3. The van der Waals surface area contributed by atoms with E-state index < -0.39 is 0 Å². The zero-order chi connectivity index (χ0) is 21.4. The number of aromatic nitrogens is 5. The summed E-state index contributed by atoms with van der Waals surface area (Å²) in [5.74, 6) is 8.05. The largest absolute Gasteiger partial charge is 0.461 e. The molecule has 0 fully saturated rings. The van der Waals surface area contributed by atoms with Gasteiger partial charge in [-0.05, 0) is 43.6 Å². The van der Waals surface area contributed by atoms with Gasteiger partial charge in [-0.3, -0.25) is 0 Å². The molecular weight excluding hydrogens is 430 g/mol. The molecule has 0 aliphatic carbocycles. The number of benzene rings is 1. The van der Waals surface area contributed by atoms with E-state index in [-0.39, 0.29) is 0 Å². The van der Waals surface area contributed by atoms with Gasteiger partial charge in [-0.1, -0.05) is 30.3 Å². The molecule has 0 saturated heterocycles. The number of rotatable bonds is 6. The van der Waals surface area contributed by atoms with E-state index in [9.17, 15) is 0 Å². The average Bonchev–Trinajstić information content (AvgIpc) is 3.49. The first-order valence-electron chi connectivity index (χ1n) is 9.50. The summed E-state index contributed by atoms with van der Waals surface area (Å²) in [6, 6.07) is 13.8. The molecule has 0 unspecified atom stereocenters. The number of hydrogen-bond donors (Lipinski definition) is 1. The highest BCUT2D eigenvalue weighted by Crippen LogP contribution is 2.40. The number of hydrogen-bond acceptors (Lipinski definition) is 9. The third-order valence-corrected chi connectivity index (χ3v) is 6.41. The van der Waals surface area contributed by atoms with E-state index in [0.29, 0.717) is 23.3 Å². The SMILES string of the molecule is CN(C)Cc1nc(Sc2nnc(-c3ccco3)n2N)c2c(-c3ccccc3)csc2n1. The number of thiophene rings is 1. The minimum absolute atomic E-state index is 0.458. The molecule has 5 rings (SSSR count). The van der Waals surface area contributed by atoms with Crippen LogP contribution >= 0.6 is 23.1 Å². The summed E-state index contributed by atoms with van der Waals surface area (Å²) in [7, 11) is 3.99. The predicted molar refractivity (Wildman–Crippen MR) is 122 cm³/mol. The molecule has 8 nitrogen and oxygen atoms in total. The maximum atomic E-state index is 6.29. The summed E-state index contributed by atoms with van der Waals surface area (Å²) in [4.78, 5) is 12.6. The number of nitrogen functional groups attached to an aromatic ring is 1. The summed E-state index contributed by atoms with van der Waals surface area (Å²) < 4.78 is 6.85. The Morgan fingerprint density at radius 1 is 1.10 bits per heavy atom. The third kappa shape index (κ3) is 3.80. The summed E-state index contributed by atoms with van der Waals surface area (Å²) >= 11 is 2.99. The fourth-order valence-corrected chi connectivity index (χ4v) is 5.15. The first-order valence-corrected chi connectivity index (χ1v) is 11.2. The fourth-order valence-electron chi connectivity index (χ4n) is 3.22. The van der Waals surface area contributed by atoms with Crippen molar-refractivity contribution < 1.29 is 4.42 Å². The minimum Gasteiger partial charge on any atom is -0.461 e. The highest BCUT2D eigenvalue weighted by atomic mass is 32.2. The predicted octanol–water partition coefficient (Wildman–Crippen LogP) is 4.14. The molecule has 0 spiro atoms. The van der Waals surface area contributed by atoms with Crippen LogP contribution in [0.3, 0.4) is 0 Å². The van der Waals surface area contributed by atoms with E-state index in [1.54, 1.807) is 29.7 Å². The van der Waals surface area contributed by atoms with Gasteiger partial charge in [-0.15, -0.1) is 21.5 Å². The lowest BCUT2D eigenvalue weighted by molar-refractivity contribution is 0.390. The zero-order valence-corrected chi connectivity index (χ0v) is 18.5. The van der Waals surface area contributed by atoms with Crippen LogP contribution in [-0.2, 0) is 6.54 Å². The van der Waals surface area contributed by atoms with Gasteiger partial charge in [-0.2, -0.15) is 0 Å². The van der Waals surface area contributed by atoms with E-state index in [4.69, 9.17) is 20.2 Å². The number of nitrogens with two attached hydrogens (primary N) is 1. The lowest BCUT2D eigenvalue weighted by Crippen LogP contribution is -2.14. The van der Waals surface area contributed by atoms with Gasteiger partial charge in [0.15, 0.2) is 5.76 Å². The van der Waals surface area contributed by atoms with Crippen molar-refractivity contribution in [3.63, 3.8) is 0 Å². The Balaban J connectivity index is 1.63. The molecule has 0 bridgehead atoms. The van der Waals surface area contributed by atoms with Crippen LogP contribution in [0.25, 0.3) is 32.9 Å². The van der Waals surface area contributed by atoms with Crippen molar-refractivity contribution in [3.8, 4) is 22.7 Å². The Morgan fingerprint density at radius 3 is 2.68 bits per heavy atom. The van der Waals surface area contributed by atoms with Gasteiger partial charge in [0.2, 0.25) is 11.0 Å². The van der Waals surface area contributed by atoms with Gasteiger partial charge in [0.05, 0.1) is 18.2 Å². The topological polar surface area (TPSA) is 98.9 Å². The lowest BCUT2D eigenvalue weighted by atomic mass is 10.1. The van der Waals surface area contributed by atoms with Crippen molar-refractivity contribution in [1.82, 2.24) is 29.7 Å². The van der Waals surface area contributed by atoms with Crippen molar-refractivity contribution in [2.45, 2.75) is 16.7 Å². The van der Waals surface area contributed by atoms with E-state index in [2.05, 4.69) is 27.7 Å². The van der Waals surface area contributed by atoms with Crippen LogP contribution in [0.5, 0.6) is 0 Å². The lowest BCUT2D eigenvalue weighted by Gasteiger charge is -2.11. The molecule has 31 heavy (non-hydrogen) atoms. The van der Waals surface area contributed by atoms with E-state index in [0.717, 1.165) is 32.2 Å². The quantitative estimate of drug-likeness (QED) is 0.305. The van der Waals surface area contributed by atoms with Crippen molar-refractivity contribution in [2.24, 2.45) is 0 Å². The Labute approximate surface area is 186 Å². The fraction of sp³-hybridized carbons (Fsp3) is 0.143. The highest BCUT2D eigenvalue weighted by molar-refractivity contribution is 7.99. The van der Waals surface area contributed by atoms with Crippen LogP contribution < -0.4 is 5.84 Å². The van der Waals surface area contributed by atoms with Gasteiger partial charge < -0.3 is 15.2 Å². The monoisotopic (exact) mass is 449 g/mol. The molecule has 0 saturated carbocycles. The highest BCUT2D eigenvalue weighted by Gasteiger charge is 2.21. The summed E-state index contributed by atoms with van der Waals surface area (Å²) in [6.45, 7) is 0.634. The van der Waals surface area contributed by atoms with Crippen LogP contribution in [0.1, 0.15) is 5.82 Å². The van der Waals surface area contributed by atoms with Crippen molar-refractivity contribution in [1.29, 1.82) is 0 Å². The summed E-state index contributed by atoms with van der Waals surface area (Å²) in [5, 5.41) is 12.9. The van der Waals surface area contributed by atoms with Crippen LogP contribution in [0.15, 0.2) is 68.7 Å². The number of nitrogens with zero attached hydrogens (tertiary/aromatic N) is 6. The smallest absolute Gasteiger partial charge is 0.218 e. The number of fused-ring (bicyclic) bond motifs is 1. The van der Waals surface area contributed by atoms with Crippen molar-refractivity contribution >= 4 is 33.3 Å². The molecule has 0 atom stereocenters. The molecule has 0 aliphatic rings. The first kappa shape index (κ1) is 19.7. The second-order valence-corrected chi connectivity index (χ2v) is 8.95. The molecule has 1 aromatic carbocycles. The second kappa shape index (κ2) is 8.14. The Bertz CT molecular complexity index is 1330. The molecule has 4 aromatic heterocycles. The van der Waals surface area contributed by atoms with Crippen LogP contribution in [-0.4, -0.2) is 43.8 Å². The number of furan rings is 1. The van der Waals surface area contributed by atoms with E-state index >= 15 is 0 Å². The Kier molecular flexibility index (Phi) is 5.18.